The molecule has 1 aliphatic rings. The van der Waals surface area contributed by atoms with Crippen molar-refractivity contribution in [1.82, 2.24) is 19.8 Å². The number of pyridine rings is 1. The molecule has 26 heavy (non-hydrogen) atoms. The number of aromatic nitrogens is 2. The van der Waals surface area contributed by atoms with Crippen LogP contribution in [0.2, 0.25) is 0 Å². The minimum Gasteiger partial charge on any atom is -0.346 e. The van der Waals surface area contributed by atoms with Crippen LogP contribution in [0.4, 0.5) is 0 Å². The first kappa shape index (κ1) is 16.8. The van der Waals surface area contributed by atoms with Crippen molar-refractivity contribution in [3.05, 3.63) is 54.4 Å². The summed E-state index contributed by atoms with van der Waals surface area (Å²) in [6.45, 7) is 6.88. The van der Waals surface area contributed by atoms with Gasteiger partial charge in [0.2, 0.25) is 5.91 Å². The lowest BCUT2D eigenvalue weighted by atomic mass is 10.0. The van der Waals surface area contributed by atoms with Gasteiger partial charge in [-0.25, -0.2) is 4.98 Å². The summed E-state index contributed by atoms with van der Waals surface area (Å²) in [4.78, 5) is 24.4. The Bertz CT molecular complexity index is 892. The van der Waals surface area contributed by atoms with Crippen LogP contribution in [0.25, 0.3) is 22.2 Å². The fourth-order valence-electron chi connectivity index (χ4n) is 3.61. The average Bonchev–Trinajstić information content (AvgIpc) is 3.17. The van der Waals surface area contributed by atoms with E-state index in [-0.39, 0.29) is 5.91 Å². The van der Waals surface area contributed by atoms with Gasteiger partial charge in [0.05, 0.1) is 6.42 Å². The van der Waals surface area contributed by atoms with Crippen LogP contribution >= 0.6 is 0 Å². The van der Waals surface area contributed by atoms with Crippen LogP contribution in [-0.4, -0.2) is 58.4 Å². The lowest BCUT2D eigenvalue weighted by molar-refractivity contribution is -0.132. The van der Waals surface area contributed by atoms with E-state index in [1.54, 1.807) is 0 Å². The third-order valence-electron chi connectivity index (χ3n) is 5.25. The number of likely N-dealkylation sites (N-methyl/N-ethyl adjacent to an activating group) is 1. The Kier molecular flexibility index (Phi) is 4.71. The minimum atomic E-state index is 0.227. The van der Waals surface area contributed by atoms with Crippen LogP contribution in [0, 0.1) is 0 Å². The van der Waals surface area contributed by atoms with Gasteiger partial charge < -0.3 is 14.8 Å². The zero-order valence-electron chi connectivity index (χ0n) is 15.1. The first-order valence-electron chi connectivity index (χ1n) is 9.26. The maximum atomic E-state index is 12.6. The van der Waals surface area contributed by atoms with E-state index in [9.17, 15) is 4.79 Å². The molecule has 2 aromatic heterocycles. The summed E-state index contributed by atoms with van der Waals surface area (Å²) in [6.07, 6.45) is 4.20. The molecular weight excluding hydrogens is 324 g/mol. The third kappa shape index (κ3) is 3.35. The molecule has 3 aromatic rings. The van der Waals surface area contributed by atoms with E-state index in [2.05, 4.69) is 46.1 Å². The topological polar surface area (TPSA) is 52.2 Å². The number of aromatic amines is 1. The molecule has 0 spiro atoms. The summed E-state index contributed by atoms with van der Waals surface area (Å²) in [5.41, 5.74) is 4.26. The van der Waals surface area contributed by atoms with Crippen LogP contribution in [-0.2, 0) is 11.2 Å². The van der Waals surface area contributed by atoms with Crippen LogP contribution < -0.4 is 0 Å². The van der Waals surface area contributed by atoms with E-state index in [1.807, 2.05) is 29.4 Å². The number of rotatable bonds is 4. The molecular formula is C21H24N4O. The predicted octanol–water partition coefficient (Wildman–Crippen LogP) is 2.94. The number of hydrogen-bond donors (Lipinski definition) is 1. The summed E-state index contributed by atoms with van der Waals surface area (Å²) >= 11 is 0. The zero-order valence-corrected chi connectivity index (χ0v) is 15.1. The molecule has 0 aliphatic carbocycles. The maximum absolute atomic E-state index is 12.6. The zero-order chi connectivity index (χ0) is 17.9. The van der Waals surface area contributed by atoms with Gasteiger partial charge in [0.25, 0.3) is 0 Å². The van der Waals surface area contributed by atoms with Gasteiger partial charge in [-0.05, 0) is 35.4 Å². The van der Waals surface area contributed by atoms with Gasteiger partial charge in [0.15, 0.2) is 0 Å². The van der Waals surface area contributed by atoms with Crippen LogP contribution in [0.15, 0.2) is 48.8 Å². The smallest absolute Gasteiger partial charge is 0.227 e. The minimum absolute atomic E-state index is 0.227. The summed E-state index contributed by atoms with van der Waals surface area (Å²) in [5, 5.41) is 1.12. The van der Waals surface area contributed by atoms with E-state index in [1.165, 1.54) is 0 Å². The van der Waals surface area contributed by atoms with Crippen molar-refractivity contribution in [2.75, 3.05) is 32.7 Å². The molecule has 1 N–H and O–H groups in total. The quantitative estimate of drug-likeness (QED) is 0.789. The second kappa shape index (κ2) is 7.30. The highest BCUT2D eigenvalue weighted by molar-refractivity contribution is 5.92. The maximum Gasteiger partial charge on any atom is 0.227 e. The number of carbonyl (C=O) groups excluding carboxylic acids is 1. The summed E-state index contributed by atoms with van der Waals surface area (Å²) in [7, 11) is 0. The molecule has 1 fully saturated rings. The van der Waals surface area contributed by atoms with Crippen molar-refractivity contribution in [2.24, 2.45) is 0 Å². The van der Waals surface area contributed by atoms with Crippen LogP contribution in [0.1, 0.15) is 12.5 Å². The van der Waals surface area contributed by atoms with Crippen LogP contribution in [0.3, 0.4) is 0 Å². The largest absolute Gasteiger partial charge is 0.346 e. The second-order valence-corrected chi connectivity index (χ2v) is 6.79. The number of benzene rings is 1. The molecule has 5 nitrogen and oxygen atoms in total. The van der Waals surface area contributed by atoms with Gasteiger partial charge in [-0.2, -0.15) is 0 Å². The summed E-state index contributed by atoms with van der Waals surface area (Å²) in [6, 6.07) is 12.4. The Morgan fingerprint density at radius 1 is 1.08 bits per heavy atom. The number of H-pyrrole nitrogens is 1. The van der Waals surface area contributed by atoms with E-state index in [0.29, 0.717) is 6.42 Å². The summed E-state index contributed by atoms with van der Waals surface area (Å²) in [5.74, 6) is 0.227. The van der Waals surface area contributed by atoms with Crippen molar-refractivity contribution in [1.29, 1.82) is 0 Å². The molecule has 1 aliphatic heterocycles. The van der Waals surface area contributed by atoms with E-state index >= 15 is 0 Å². The molecule has 3 heterocycles. The molecule has 0 bridgehead atoms. The lowest BCUT2D eigenvalue weighted by Gasteiger charge is -2.34. The molecule has 0 unspecified atom stereocenters. The van der Waals surface area contributed by atoms with Gasteiger partial charge in [0, 0.05) is 44.0 Å². The molecule has 5 heteroatoms. The Labute approximate surface area is 153 Å². The van der Waals surface area contributed by atoms with Crippen molar-refractivity contribution < 1.29 is 4.79 Å². The Hall–Kier alpha value is -2.66. The molecule has 0 radical (unpaired) electrons. The fraction of sp³-hybridized carbons (Fsp3) is 0.333. The van der Waals surface area contributed by atoms with Gasteiger partial charge >= 0.3 is 0 Å². The lowest BCUT2D eigenvalue weighted by Crippen LogP contribution is -2.48. The number of carbonyl (C=O) groups is 1. The van der Waals surface area contributed by atoms with Gasteiger partial charge in [-0.3, -0.25) is 4.79 Å². The molecule has 4 rings (SSSR count). The molecule has 1 aromatic carbocycles. The van der Waals surface area contributed by atoms with Gasteiger partial charge in [-0.1, -0.05) is 31.2 Å². The molecule has 0 saturated carbocycles. The molecule has 1 amide bonds. The number of fused-ring (bicyclic) bond motifs is 1. The number of nitrogens with one attached hydrogen (secondary N) is 1. The highest BCUT2D eigenvalue weighted by atomic mass is 16.2. The Balaban J connectivity index is 1.45. The number of hydrogen-bond acceptors (Lipinski definition) is 3. The van der Waals surface area contributed by atoms with Crippen molar-refractivity contribution >= 4 is 16.9 Å². The SMILES string of the molecule is CCN1CCN(C(=O)Cc2ccc(-c3ccnc4[nH]ccc34)cc2)CC1. The number of amides is 1. The second-order valence-electron chi connectivity index (χ2n) is 6.79. The van der Waals surface area contributed by atoms with Crippen LogP contribution in [0.5, 0.6) is 0 Å². The average molecular weight is 348 g/mol. The standard InChI is InChI=1S/C21H24N4O/c1-2-24-11-13-25(14-12-24)20(26)15-16-3-5-17(6-4-16)18-7-9-22-21-19(18)8-10-23-21/h3-10H,2,11-15H2,1H3,(H,22,23). The van der Waals surface area contributed by atoms with Crippen molar-refractivity contribution in [3.8, 4) is 11.1 Å². The third-order valence-corrected chi connectivity index (χ3v) is 5.25. The Morgan fingerprint density at radius 2 is 1.85 bits per heavy atom. The highest BCUT2D eigenvalue weighted by Crippen LogP contribution is 2.27. The first-order valence-corrected chi connectivity index (χ1v) is 9.26. The number of piperazine rings is 1. The molecule has 0 atom stereocenters. The Morgan fingerprint density at radius 3 is 2.58 bits per heavy atom. The normalized spacial score (nSPS) is 15.5. The van der Waals surface area contributed by atoms with E-state index in [0.717, 1.165) is 60.4 Å². The fourth-order valence-corrected chi connectivity index (χ4v) is 3.61. The molecule has 134 valence electrons. The van der Waals surface area contributed by atoms with Crippen molar-refractivity contribution in [3.63, 3.8) is 0 Å². The van der Waals surface area contributed by atoms with E-state index < -0.39 is 0 Å². The van der Waals surface area contributed by atoms with Gasteiger partial charge in [-0.15, -0.1) is 0 Å². The van der Waals surface area contributed by atoms with E-state index in [4.69, 9.17) is 0 Å². The first-order chi connectivity index (χ1) is 12.7. The predicted molar refractivity (Wildman–Crippen MR) is 104 cm³/mol. The van der Waals surface area contributed by atoms with Crippen molar-refractivity contribution in [2.45, 2.75) is 13.3 Å². The molecule has 1 saturated heterocycles. The monoisotopic (exact) mass is 348 g/mol. The highest BCUT2D eigenvalue weighted by Gasteiger charge is 2.20. The summed E-state index contributed by atoms with van der Waals surface area (Å²) < 4.78 is 0. The van der Waals surface area contributed by atoms with Gasteiger partial charge in [0.1, 0.15) is 5.65 Å². The number of nitrogens with zero attached hydrogens (tertiary/aromatic N) is 3.